The van der Waals surface area contributed by atoms with Crippen molar-refractivity contribution in [1.29, 1.82) is 0 Å². The van der Waals surface area contributed by atoms with E-state index in [1.54, 1.807) is 12.3 Å². The van der Waals surface area contributed by atoms with Gasteiger partial charge in [0.15, 0.2) is 0 Å². The Balaban J connectivity index is 2.50. The Morgan fingerprint density at radius 3 is 2.88 bits per heavy atom. The van der Waals surface area contributed by atoms with Crippen LogP contribution in [0.5, 0.6) is 0 Å². The number of rotatable bonds is 6. The first kappa shape index (κ1) is 13.1. The molecule has 0 saturated heterocycles. The molecule has 1 aromatic rings. The standard InChI is InChI=1S/C9H13NO4S2/c1-2-7-14-10-6-5-8-3-4-9(15-8)16(11,12)13/h3-4,6H,2,5,7H2,1H3,(H,11,12,13). The molecule has 16 heavy (non-hydrogen) atoms. The van der Waals surface area contributed by atoms with Crippen LogP contribution in [-0.2, 0) is 21.4 Å². The van der Waals surface area contributed by atoms with Gasteiger partial charge in [-0.2, -0.15) is 8.42 Å². The summed E-state index contributed by atoms with van der Waals surface area (Å²) in [6.45, 7) is 2.55. The highest BCUT2D eigenvalue weighted by atomic mass is 32.3. The Morgan fingerprint density at radius 1 is 1.56 bits per heavy atom. The first-order valence-corrected chi connectivity index (χ1v) is 6.99. The largest absolute Gasteiger partial charge is 0.396 e. The molecule has 1 rings (SSSR count). The maximum absolute atomic E-state index is 10.8. The van der Waals surface area contributed by atoms with Crippen molar-refractivity contribution in [2.45, 2.75) is 24.0 Å². The smallest absolute Gasteiger partial charge is 0.304 e. The molecule has 7 heteroatoms. The van der Waals surface area contributed by atoms with Crippen LogP contribution in [0.1, 0.15) is 18.2 Å². The van der Waals surface area contributed by atoms with Gasteiger partial charge in [0, 0.05) is 17.5 Å². The summed E-state index contributed by atoms with van der Waals surface area (Å²) >= 11 is 1.02. The summed E-state index contributed by atoms with van der Waals surface area (Å²) in [7, 11) is -4.08. The molecule has 0 fully saturated rings. The Morgan fingerprint density at radius 2 is 2.31 bits per heavy atom. The zero-order valence-electron chi connectivity index (χ0n) is 8.79. The van der Waals surface area contributed by atoms with Crippen LogP contribution < -0.4 is 0 Å². The van der Waals surface area contributed by atoms with Crippen LogP contribution in [0.25, 0.3) is 0 Å². The molecule has 0 amide bonds. The van der Waals surface area contributed by atoms with E-state index in [0.717, 1.165) is 22.6 Å². The van der Waals surface area contributed by atoms with E-state index in [1.165, 1.54) is 6.07 Å². The first-order valence-electron chi connectivity index (χ1n) is 4.74. The Bertz CT molecular complexity index is 450. The molecule has 0 aliphatic carbocycles. The van der Waals surface area contributed by atoms with Crippen molar-refractivity contribution in [3.8, 4) is 0 Å². The second-order valence-corrected chi connectivity index (χ2v) is 5.84. The van der Waals surface area contributed by atoms with Crippen LogP contribution in [0.2, 0.25) is 0 Å². The predicted molar refractivity (Wildman–Crippen MR) is 62.6 cm³/mol. The number of thiophene rings is 1. The van der Waals surface area contributed by atoms with Gasteiger partial charge in [-0.25, -0.2) is 0 Å². The Hall–Kier alpha value is -0.920. The highest BCUT2D eigenvalue weighted by Crippen LogP contribution is 2.21. The fraction of sp³-hybridized carbons (Fsp3) is 0.444. The minimum atomic E-state index is -4.08. The predicted octanol–water partition coefficient (Wildman–Crippen LogP) is 1.95. The molecule has 0 spiro atoms. The van der Waals surface area contributed by atoms with Crippen molar-refractivity contribution >= 4 is 27.7 Å². The van der Waals surface area contributed by atoms with Gasteiger partial charge in [-0.3, -0.25) is 4.55 Å². The molecule has 0 unspecified atom stereocenters. The molecule has 0 atom stereocenters. The third-order valence-corrected chi connectivity index (χ3v) is 4.06. The fourth-order valence-electron chi connectivity index (χ4n) is 0.931. The lowest BCUT2D eigenvalue weighted by Gasteiger charge is -1.93. The van der Waals surface area contributed by atoms with Crippen LogP contribution >= 0.6 is 11.3 Å². The zero-order chi connectivity index (χ0) is 12.0. The van der Waals surface area contributed by atoms with Gasteiger partial charge < -0.3 is 4.84 Å². The highest BCUT2D eigenvalue weighted by Gasteiger charge is 2.11. The lowest BCUT2D eigenvalue weighted by atomic mass is 10.4. The van der Waals surface area contributed by atoms with E-state index in [-0.39, 0.29) is 4.21 Å². The molecule has 0 aliphatic rings. The molecule has 1 N–H and O–H groups in total. The first-order chi connectivity index (χ1) is 7.54. The SMILES string of the molecule is CCCON=CCc1ccc(S(=O)(=O)O)s1. The Kier molecular flexibility index (Phi) is 4.91. The van der Waals surface area contributed by atoms with Gasteiger partial charge in [0.2, 0.25) is 0 Å². The monoisotopic (exact) mass is 263 g/mol. The maximum Gasteiger partial charge on any atom is 0.304 e. The highest BCUT2D eigenvalue weighted by molar-refractivity contribution is 7.88. The summed E-state index contributed by atoms with van der Waals surface area (Å²) in [6.07, 6.45) is 2.95. The molecule has 5 nitrogen and oxygen atoms in total. The molecule has 0 aliphatic heterocycles. The van der Waals surface area contributed by atoms with E-state index in [2.05, 4.69) is 5.16 Å². The average Bonchev–Trinajstić information content (AvgIpc) is 2.65. The van der Waals surface area contributed by atoms with Crippen LogP contribution in [-0.4, -0.2) is 25.8 Å². The van der Waals surface area contributed by atoms with E-state index in [1.807, 2.05) is 6.92 Å². The number of oxime groups is 1. The lowest BCUT2D eigenvalue weighted by molar-refractivity contribution is 0.146. The van der Waals surface area contributed by atoms with E-state index < -0.39 is 10.1 Å². The van der Waals surface area contributed by atoms with Crippen LogP contribution in [0.4, 0.5) is 0 Å². The molecular weight excluding hydrogens is 250 g/mol. The second kappa shape index (κ2) is 5.97. The summed E-state index contributed by atoms with van der Waals surface area (Å²) in [5.41, 5.74) is 0. The van der Waals surface area contributed by atoms with E-state index in [4.69, 9.17) is 9.39 Å². The molecule has 1 heterocycles. The van der Waals surface area contributed by atoms with Gasteiger partial charge in [-0.15, -0.1) is 11.3 Å². The van der Waals surface area contributed by atoms with Gasteiger partial charge in [-0.1, -0.05) is 12.1 Å². The number of hydrogen-bond donors (Lipinski definition) is 1. The second-order valence-electron chi connectivity index (χ2n) is 3.02. The third-order valence-electron chi connectivity index (χ3n) is 1.63. The summed E-state index contributed by atoms with van der Waals surface area (Å²) < 4.78 is 30.3. The van der Waals surface area contributed by atoms with Gasteiger partial charge in [-0.05, 0) is 18.6 Å². The number of hydrogen-bond acceptors (Lipinski definition) is 5. The summed E-state index contributed by atoms with van der Waals surface area (Å²) in [4.78, 5) is 5.69. The normalized spacial score (nSPS) is 12.1. The number of nitrogens with zero attached hydrogens (tertiary/aromatic N) is 1. The van der Waals surface area contributed by atoms with Crippen LogP contribution in [0.3, 0.4) is 0 Å². The van der Waals surface area contributed by atoms with Crippen molar-refractivity contribution in [3.05, 3.63) is 17.0 Å². The van der Waals surface area contributed by atoms with Crippen molar-refractivity contribution in [2.75, 3.05) is 6.61 Å². The molecule has 0 radical (unpaired) electrons. The van der Waals surface area contributed by atoms with Gasteiger partial charge in [0.1, 0.15) is 10.8 Å². The molecule has 0 bridgehead atoms. The Labute approximate surface area is 98.5 Å². The molecule has 0 saturated carbocycles. The third kappa shape index (κ3) is 4.30. The van der Waals surface area contributed by atoms with Crippen LogP contribution in [0.15, 0.2) is 21.5 Å². The maximum atomic E-state index is 10.8. The topological polar surface area (TPSA) is 76.0 Å². The minimum absolute atomic E-state index is 0.0506. The van der Waals surface area contributed by atoms with Gasteiger partial charge in [0.25, 0.3) is 0 Å². The van der Waals surface area contributed by atoms with E-state index >= 15 is 0 Å². The summed E-state index contributed by atoms with van der Waals surface area (Å²) in [6, 6.07) is 3.01. The molecule has 0 aromatic carbocycles. The van der Waals surface area contributed by atoms with Gasteiger partial charge in [0.05, 0.1) is 0 Å². The van der Waals surface area contributed by atoms with Crippen molar-refractivity contribution in [1.82, 2.24) is 0 Å². The zero-order valence-corrected chi connectivity index (χ0v) is 10.4. The van der Waals surface area contributed by atoms with E-state index in [0.29, 0.717) is 13.0 Å². The molecular formula is C9H13NO4S2. The minimum Gasteiger partial charge on any atom is -0.396 e. The van der Waals surface area contributed by atoms with Gasteiger partial charge >= 0.3 is 10.1 Å². The fourth-order valence-corrected chi connectivity index (χ4v) is 2.60. The quantitative estimate of drug-likeness (QED) is 0.368. The summed E-state index contributed by atoms with van der Waals surface area (Å²) in [5, 5.41) is 3.70. The van der Waals surface area contributed by atoms with Crippen molar-refractivity contribution in [2.24, 2.45) is 5.16 Å². The van der Waals surface area contributed by atoms with Crippen LogP contribution in [0, 0.1) is 0 Å². The molecule has 90 valence electrons. The van der Waals surface area contributed by atoms with E-state index in [9.17, 15) is 8.42 Å². The lowest BCUT2D eigenvalue weighted by Crippen LogP contribution is -1.93. The summed E-state index contributed by atoms with van der Waals surface area (Å²) in [5.74, 6) is 0. The molecule has 1 aromatic heterocycles. The van der Waals surface area contributed by atoms with Crippen molar-refractivity contribution < 1.29 is 17.8 Å². The average molecular weight is 263 g/mol. The van der Waals surface area contributed by atoms with Crippen molar-refractivity contribution in [3.63, 3.8) is 0 Å².